The van der Waals surface area contributed by atoms with Crippen LogP contribution in [-0.4, -0.2) is 60.3 Å². The molecule has 0 unspecified atom stereocenters. The number of rotatable bonds is 12. The summed E-state index contributed by atoms with van der Waals surface area (Å²) in [6, 6.07) is 7.90. The van der Waals surface area contributed by atoms with Gasteiger partial charge in [0, 0.05) is 30.5 Å². The fourth-order valence-electron chi connectivity index (χ4n) is 3.05. The first-order chi connectivity index (χ1) is 14.9. The lowest BCUT2D eigenvalue weighted by Gasteiger charge is -2.07. The Morgan fingerprint density at radius 1 is 0.912 bits per heavy atom. The Kier molecular flexibility index (Phi) is 15.4. The number of aromatic amines is 1. The highest BCUT2D eigenvalue weighted by molar-refractivity contribution is 7.98. The average Bonchev–Trinajstić information content (AvgIpc) is 3.32. The van der Waals surface area contributed by atoms with Crippen LogP contribution in [0.15, 0.2) is 44.1 Å². The fraction of sp³-hybridized carbons (Fsp3) is 0.455. The molecule has 34 heavy (non-hydrogen) atoms. The molecule has 3 heterocycles. The third-order valence-corrected chi connectivity index (χ3v) is 5.38. The number of nitrogens with zero attached hydrogens (tertiary/aromatic N) is 3. The number of nitrogens with one attached hydrogen (secondary N) is 2. The molecule has 0 aliphatic rings. The highest BCUT2D eigenvalue weighted by Gasteiger charge is 2.09. The maximum Gasteiger partial charge on any atom is 0.255 e. The van der Waals surface area contributed by atoms with Gasteiger partial charge < -0.3 is 24.0 Å². The lowest BCUT2D eigenvalue weighted by Crippen LogP contribution is -2.18. The molecule has 0 fully saturated rings. The molecule has 0 bridgehead atoms. The molecule has 0 saturated heterocycles. The van der Waals surface area contributed by atoms with Gasteiger partial charge in [0.15, 0.2) is 0 Å². The summed E-state index contributed by atoms with van der Waals surface area (Å²) in [6.45, 7) is 2.23. The van der Waals surface area contributed by atoms with Crippen LogP contribution in [-0.2, 0) is 25.3 Å². The zero-order valence-corrected chi connectivity index (χ0v) is 23.1. The van der Waals surface area contributed by atoms with E-state index in [2.05, 4.69) is 20.2 Å². The van der Waals surface area contributed by atoms with E-state index >= 15 is 0 Å². The van der Waals surface area contributed by atoms with Crippen molar-refractivity contribution in [2.24, 2.45) is 0 Å². The Morgan fingerprint density at radius 2 is 1.47 bits per heavy atom. The Balaban J connectivity index is 0.00000363. The minimum atomic E-state index is -0.153. The topological polar surface area (TPSA) is 90.5 Å². The normalized spacial score (nSPS) is 10.5. The third kappa shape index (κ3) is 10.8. The van der Waals surface area contributed by atoms with Crippen molar-refractivity contribution in [3.8, 4) is 0 Å². The van der Waals surface area contributed by atoms with Crippen LogP contribution in [0.1, 0.15) is 28.6 Å². The maximum absolute atomic E-state index is 12.4. The predicted molar refractivity (Wildman–Crippen MR) is 146 cm³/mol. The zero-order chi connectivity index (χ0) is 22.2. The summed E-state index contributed by atoms with van der Waals surface area (Å²) >= 11 is 1.77. The van der Waals surface area contributed by atoms with Crippen molar-refractivity contribution in [2.75, 3.05) is 45.8 Å². The van der Waals surface area contributed by atoms with Crippen LogP contribution < -0.4 is 10.9 Å². The van der Waals surface area contributed by atoms with Crippen LogP contribution in [0.4, 0.5) is 5.95 Å². The highest BCUT2D eigenvalue weighted by Crippen LogP contribution is 2.16. The van der Waals surface area contributed by atoms with Crippen molar-refractivity contribution in [1.29, 1.82) is 0 Å². The van der Waals surface area contributed by atoms with Crippen molar-refractivity contribution in [2.45, 2.75) is 25.3 Å². The molecule has 0 aliphatic heterocycles. The molecule has 0 amide bonds. The molecule has 3 aromatic heterocycles. The van der Waals surface area contributed by atoms with Crippen LogP contribution in [0.3, 0.4) is 0 Å². The van der Waals surface area contributed by atoms with Gasteiger partial charge in [-0.15, -0.1) is 37.2 Å². The van der Waals surface area contributed by atoms with Crippen LogP contribution in [0.2, 0.25) is 0 Å². The Labute approximate surface area is 223 Å². The molecule has 3 rings (SSSR count). The predicted octanol–water partition coefficient (Wildman–Crippen LogP) is 4.28. The van der Waals surface area contributed by atoms with Gasteiger partial charge in [0.2, 0.25) is 5.95 Å². The number of furan rings is 2. The Bertz CT molecular complexity index is 1020. The summed E-state index contributed by atoms with van der Waals surface area (Å²) in [7, 11) is 8.01. The van der Waals surface area contributed by atoms with Gasteiger partial charge in [0.05, 0.1) is 18.8 Å². The number of halogens is 3. The van der Waals surface area contributed by atoms with Crippen molar-refractivity contribution >= 4 is 54.9 Å². The number of H-pyrrole nitrogens is 1. The summed E-state index contributed by atoms with van der Waals surface area (Å²) in [5.74, 6) is 5.76. The molecule has 192 valence electrons. The number of thioether (sulfide) groups is 1. The molecule has 2 N–H and O–H groups in total. The van der Waals surface area contributed by atoms with Crippen molar-refractivity contribution < 1.29 is 8.83 Å². The first kappa shape index (κ1) is 32.4. The van der Waals surface area contributed by atoms with Gasteiger partial charge in [-0.3, -0.25) is 9.78 Å². The van der Waals surface area contributed by atoms with Crippen molar-refractivity contribution in [1.82, 2.24) is 19.8 Å². The van der Waals surface area contributed by atoms with E-state index in [1.807, 2.05) is 57.4 Å². The molecule has 8 nitrogen and oxygen atoms in total. The van der Waals surface area contributed by atoms with Crippen LogP contribution in [0, 0.1) is 0 Å². The standard InChI is InChI=1S/C22H31N5O3S.3ClH/c1-26(2)13-18-6-5-17(29-18)11-16-12-24-22(25-21(16)28)23-9-10-31-15-20-8-7-19(30-20)14-27(3)4;;;/h5-8,12H,9-11,13-15H2,1-4H3,(H2,23,24,25,28);3*1H. The second kappa shape index (κ2) is 16.1. The van der Waals surface area contributed by atoms with Gasteiger partial charge in [0.25, 0.3) is 5.56 Å². The van der Waals surface area contributed by atoms with E-state index in [1.165, 1.54) is 0 Å². The monoisotopic (exact) mass is 553 g/mol. The van der Waals surface area contributed by atoms with E-state index in [-0.39, 0.29) is 42.8 Å². The molecular weight excluding hydrogens is 521 g/mol. The third-order valence-electron chi connectivity index (χ3n) is 4.40. The number of hydrogen-bond acceptors (Lipinski definition) is 8. The lowest BCUT2D eigenvalue weighted by molar-refractivity contribution is 0.343. The van der Waals surface area contributed by atoms with Gasteiger partial charge in [0.1, 0.15) is 23.0 Å². The molecule has 0 radical (unpaired) electrons. The molecule has 0 saturated carbocycles. The molecule has 0 atom stereocenters. The summed E-state index contributed by atoms with van der Waals surface area (Å²) in [6.07, 6.45) is 2.03. The molecule has 12 heteroatoms. The summed E-state index contributed by atoms with van der Waals surface area (Å²) in [4.78, 5) is 23.6. The largest absolute Gasteiger partial charge is 0.464 e. The van der Waals surface area contributed by atoms with Gasteiger partial charge in [-0.05, 0) is 52.5 Å². The quantitative estimate of drug-likeness (QED) is 0.321. The van der Waals surface area contributed by atoms with E-state index in [4.69, 9.17) is 8.83 Å². The molecule has 0 aromatic carbocycles. The van der Waals surface area contributed by atoms with E-state index in [9.17, 15) is 4.79 Å². The minimum Gasteiger partial charge on any atom is -0.464 e. The van der Waals surface area contributed by atoms with Crippen LogP contribution in [0.25, 0.3) is 0 Å². The Hall–Kier alpha value is -1.62. The average molecular weight is 555 g/mol. The Morgan fingerprint density at radius 3 is 2.06 bits per heavy atom. The first-order valence-corrected chi connectivity index (χ1v) is 11.4. The number of anilines is 1. The second-order valence-electron chi connectivity index (χ2n) is 7.95. The smallest absolute Gasteiger partial charge is 0.255 e. The van der Waals surface area contributed by atoms with E-state index in [0.29, 0.717) is 24.5 Å². The van der Waals surface area contributed by atoms with Crippen molar-refractivity contribution in [3.05, 3.63) is 69.4 Å². The fourth-order valence-corrected chi connectivity index (χ4v) is 3.80. The van der Waals surface area contributed by atoms with E-state index in [1.54, 1.807) is 18.0 Å². The van der Waals surface area contributed by atoms with Crippen molar-refractivity contribution in [3.63, 3.8) is 0 Å². The molecule has 3 aromatic rings. The molecular formula is C22H34Cl3N5O3S. The minimum absolute atomic E-state index is 0. The van der Waals surface area contributed by atoms with Gasteiger partial charge in [-0.1, -0.05) is 0 Å². The van der Waals surface area contributed by atoms with Gasteiger partial charge in [-0.25, -0.2) is 4.98 Å². The number of hydrogen-bond donors (Lipinski definition) is 2. The molecule has 0 spiro atoms. The second-order valence-corrected chi connectivity index (χ2v) is 9.06. The zero-order valence-electron chi connectivity index (χ0n) is 19.8. The first-order valence-electron chi connectivity index (χ1n) is 10.2. The summed E-state index contributed by atoms with van der Waals surface area (Å²) in [5, 5.41) is 3.17. The van der Waals surface area contributed by atoms with E-state index in [0.717, 1.165) is 47.6 Å². The van der Waals surface area contributed by atoms with E-state index < -0.39 is 0 Å². The van der Waals surface area contributed by atoms with Crippen LogP contribution in [0.5, 0.6) is 0 Å². The number of aromatic nitrogens is 2. The molecule has 0 aliphatic carbocycles. The SMILES string of the molecule is CN(C)Cc1ccc(CSCCNc2ncc(Cc3ccc(CN(C)C)o3)c(=O)[nH]2)o1.Cl.Cl.Cl. The summed E-state index contributed by atoms with van der Waals surface area (Å²) in [5.41, 5.74) is 0.428. The van der Waals surface area contributed by atoms with Crippen LogP contribution >= 0.6 is 49.0 Å². The van der Waals surface area contributed by atoms with Gasteiger partial charge >= 0.3 is 0 Å². The summed E-state index contributed by atoms with van der Waals surface area (Å²) < 4.78 is 11.6. The van der Waals surface area contributed by atoms with Gasteiger partial charge in [-0.2, -0.15) is 11.8 Å². The lowest BCUT2D eigenvalue weighted by atomic mass is 10.2. The highest BCUT2D eigenvalue weighted by atomic mass is 35.5. The maximum atomic E-state index is 12.4.